The highest BCUT2D eigenvalue weighted by Gasteiger charge is 2.24. The average Bonchev–Trinajstić information content (AvgIpc) is 2.35. The summed E-state index contributed by atoms with van der Waals surface area (Å²) in [6.45, 7) is 12.7. The highest BCUT2D eigenvalue weighted by atomic mass is 32.2. The van der Waals surface area contributed by atoms with Crippen molar-refractivity contribution in [2.24, 2.45) is 0 Å². The standard InChI is InChI=1S/C17H26N2S/c1-13(2)19-17(6,11-18)12-20-15-9-7-14(8-10-15)16(3,4)5/h7-10,13,19H,12H2,1-6H3. The highest BCUT2D eigenvalue weighted by Crippen LogP contribution is 2.27. The molecule has 20 heavy (non-hydrogen) atoms. The van der Waals surface area contributed by atoms with E-state index in [0.29, 0.717) is 6.04 Å². The van der Waals surface area contributed by atoms with Gasteiger partial charge >= 0.3 is 0 Å². The fourth-order valence-corrected chi connectivity index (χ4v) is 2.95. The fourth-order valence-electron chi connectivity index (χ4n) is 2.02. The molecule has 1 unspecified atom stereocenters. The Morgan fingerprint density at radius 2 is 1.70 bits per heavy atom. The van der Waals surface area contributed by atoms with Crippen LogP contribution >= 0.6 is 11.8 Å². The van der Waals surface area contributed by atoms with Crippen LogP contribution < -0.4 is 5.32 Å². The van der Waals surface area contributed by atoms with Gasteiger partial charge in [-0.1, -0.05) is 32.9 Å². The first-order valence-electron chi connectivity index (χ1n) is 7.08. The first-order valence-corrected chi connectivity index (χ1v) is 8.07. The number of nitriles is 1. The Morgan fingerprint density at radius 1 is 1.15 bits per heavy atom. The summed E-state index contributed by atoms with van der Waals surface area (Å²) >= 11 is 1.73. The molecule has 1 N–H and O–H groups in total. The molecule has 1 aromatic carbocycles. The zero-order valence-electron chi connectivity index (χ0n) is 13.4. The van der Waals surface area contributed by atoms with Crippen LogP contribution in [0.15, 0.2) is 29.2 Å². The van der Waals surface area contributed by atoms with E-state index in [0.717, 1.165) is 5.75 Å². The minimum absolute atomic E-state index is 0.184. The van der Waals surface area contributed by atoms with Gasteiger partial charge in [-0.2, -0.15) is 5.26 Å². The van der Waals surface area contributed by atoms with Crippen LogP contribution in [0, 0.1) is 11.3 Å². The van der Waals surface area contributed by atoms with Gasteiger partial charge in [0, 0.05) is 16.7 Å². The molecule has 0 aliphatic heterocycles. The van der Waals surface area contributed by atoms with Crippen molar-refractivity contribution >= 4 is 11.8 Å². The molecule has 110 valence electrons. The largest absolute Gasteiger partial charge is 0.297 e. The molecule has 0 aliphatic rings. The maximum atomic E-state index is 9.34. The van der Waals surface area contributed by atoms with Gasteiger partial charge < -0.3 is 0 Å². The zero-order valence-corrected chi connectivity index (χ0v) is 14.3. The molecule has 0 saturated heterocycles. The van der Waals surface area contributed by atoms with E-state index in [1.165, 1.54) is 10.5 Å². The maximum absolute atomic E-state index is 9.34. The van der Waals surface area contributed by atoms with Gasteiger partial charge in [-0.05, 0) is 43.9 Å². The Kier molecular flexibility index (Phi) is 5.68. The minimum Gasteiger partial charge on any atom is -0.297 e. The number of hydrogen-bond donors (Lipinski definition) is 1. The van der Waals surface area contributed by atoms with Crippen molar-refractivity contribution in [2.75, 3.05) is 5.75 Å². The van der Waals surface area contributed by atoms with E-state index in [1.807, 2.05) is 6.92 Å². The van der Waals surface area contributed by atoms with Crippen LogP contribution in [0.1, 0.15) is 47.1 Å². The third-order valence-corrected chi connectivity index (χ3v) is 4.43. The highest BCUT2D eigenvalue weighted by molar-refractivity contribution is 7.99. The topological polar surface area (TPSA) is 35.8 Å². The quantitative estimate of drug-likeness (QED) is 0.819. The van der Waals surface area contributed by atoms with Crippen molar-refractivity contribution < 1.29 is 0 Å². The molecule has 2 nitrogen and oxygen atoms in total. The van der Waals surface area contributed by atoms with E-state index >= 15 is 0 Å². The summed E-state index contributed by atoms with van der Waals surface area (Å²) in [4.78, 5) is 1.21. The van der Waals surface area contributed by atoms with Gasteiger partial charge in [-0.25, -0.2) is 0 Å². The zero-order chi connectivity index (χ0) is 15.4. The van der Waals surface area contributed by atoms with Crippen LogP contribution in [0.5, 0.6) is 0 Å². The second-order valence-corrected chi connectivity index (χ2v) is 7.85. The van der Waals surface area contributed by atoms with Crippen molar-refractivity contribution in [2.45, 2.75) is 63.4 Å². The Morgan fingerprint density at radius 3 is 2.10 bits per heavy atom. The molecule has 0 saturated carbocycles. The van der Waals surface area contributed by atoms with Crippen LogP contribution in [0.2, 0.25) is 0 Å². The van der Waals surface area contributed by atoms with Crippen LogP contribution in [-0.2, 0) is 5.41 Å². The average molecular weight is 290 g/mol. The normalized spacial score (nSPS) is 14.9. The maximum Gasteiger partial charge on any atom is 0.113 e. The Bertz CT molecular complexity index is 465. The molecule has 0 amide bonds. The van der Waals surface area contributed by atoms with Crippen molar-refractivity contribution in [1.29, 1.82) is 5.26 Å². The molecule has 0 radical (unpaired) electrons. The molecule has 3 heteroatoms. The predicted molar refractivity (Wildman–Crippen MR) is 88.2 cm³/mol. The van der Waals surface area contributed by atoms with Gasteiger partial charge in [0.2, 0.25) is 0 Å². The summed E-state index contributed by atoms with van der Waals surface area (Å²) in [5.41, 5.74) is 1.04. The van der Waals surface area contributed by atoms with Gasteiger partial charge in [0.25, 0.3) is 0 Å². The van der Waals surface area contributed by atoms with Gasteiger partial charge in [-0.3, -0.25) is 5.32 Å². The van der Waals surface area contributed by atoms with Crippen molar-refractivity contribution in [3.63, 3.8) is 0 Å². The van der Waals surface area contributed by atoms with Gasteiger partial charge in [-0.15, -0.1) is 11.8 Å². The first-order chi connectivity index (χ1) is 9.16. The summed E-state index contributed by atoms with van der Waals surface area (Å²) in [6.07, 6.45) is 0. The van der Waals surface area contributed by atoms with E-state index in [4.69, 9.17) is 0 Å². The van der Waals surface area contributed by atoms with Crippen LogP contribution in [0.3, 0.4) is 0 Å². The lowest BCUT2D eigenvalue weighted by Crippen LogP contribution is -2.47. The number of hydrogen-bond acceptors (Lipinski definition) is 3. The Hall–Kier alpha value is -0.980. The van der Waals surface area contributed by atoms with Crippen molar-refractivity contribution in [1.82, 2.24) is 5.32 Å². The lowest BCUT2D eigenvalue weighted by atomic mass is 9.87. The Balaban J connectivity index is 2.68. The molecule has 1 aromatic rings. The van der Waals surface area contributed by atoms with Crippen LogP contribution in [-0.4, -0.2) is 17.3 Å². The van der Waals surface area contributed by atoms with E-state index in [-0.39, 0.29) is 5.41 Å². The molecule has 0 spiro atoms. The molecule has 1 atom stereocenters. The summed E-state index contributed by atoms with van der Waals surface area (Å²) in [5.74, 6) is 0.747. The van der Waals surface area contributed by atoms with E-state index < -0.39 is 5.54 Å². The first kappa shape index (κ1) is 17.1. The van der Waals surface area contributed by atoms with Gasteiger partial charge in [0.1, 0.15) is 5.54 Å². The summed E-state index contributed by atoms with van der Waals surface area (Å²) in [5, 5.41) is 12.7. The van der Waals surface area contributed by atoms with Gasteiger partial charge in [0.15, 0.2) is 0 Å². The van der Waals surface area contributed by atoms with E-state index in [2.05, 4.69) is 70.3 Å². The second-order valence-electron chi connectivity index (χ2n) is 6.81. The molecule has 0 bridgehead atoms. The molecule has 0 aliphatic carbocycles. The van der Waals surface area contributed by atoms with Crippen LogP contribution in [0.4, 0.5) is 0 Å². The number of nitrogens with one attached hydrogen (secondary N) is 1. The third-order valence-electron chi connectivity index (χ3n) is 3.10. The SMILES string of the molecule is CC(C)NC(C)(C#N)CSc1ccc(C(C)(C)C)cc1. The monoisotopic (exact) mass is 290 g/mol. The molecule has 1 rings (SSSR count). The van der Waals surface area contributed by atoms with E-state index in [1.54, 1.807) is 11.8 Å². The van der Waals surface area contributed by atoms with Gasteiger partial charge in [0.05, 0.1) is 6.07 Å². The third kappa shape index (κ3) is 5.19. The number of thioether (sulfide) groups is 1. The second kappa shape index (κ2) is 6.65. The molecule has 0 fully saturated rings. The lowest BCUT2D eigenvalue weighted by molar-refractivity contribution is 0.443. The summed E-state index contributed by atoms with van der Waals surface area (Å²) < 4.78 is 0. The fraction of sp³-hybridized carbons (Fsp3) is 0.588. The molecule has 0 aromatic heterocycles. The minimum atomic E-state index is -0.485. The van der Waals surface area contributed by atoms with Crippen molar-refractivity contribution in [3.05, 3.63) is 29.8 Å². The van der Waals surface area contributed by atoms with Crippen molar-refractivity contribution in [3.8, 4) is 6.07 Å². The molecular formula is C17H26N2S. The number of benzene rings is 1. The number of nitrogens with zero attached hydrogens (tertiary/aromatic N) is 1. The molecule has 0 heterocycles. The smallest absolute Gasteiger partial charge is 0.113 e. The lowest BCUT2D eigenvalue weighted by Gasteiger charge is -2.25. The molecular weight excluding hydrogens is 264 g/mol. The summed E-state index contributed by atoms with van der Waals surface area (Å²) in [7, 11) is 0. The summed E-state index contributed by atoms with van der Waals surface area (Å²) in [6, 6.07) is 11.4. The van der Waals surface area contributed by atoms with Crippen LogP contribution in [0.25, 0.3) is 0 Å². The predicted octanol–water partition coefficient (Wildman–Crippen LogP) is 4.36. The Labute approximate surface area is 128 Å². The number of rotatable bonds is 5. The van der Waals surface area contributed by atoms with E-state index in [9.17, 15) is 5.26 Å².